The second-order valence-corrected chi connectivity index (χ2v) is 5.18. The molecule has 4 heteroatoms. The molecule has 0 bridgehead atoms. The molecule has 0 spiro atoms. The molecule has 0 N–H and O–H groups in total. The Morgan fingerprint density at radius 2 is 2.19 bits per heavy atom. The zero-order valence-corrected chi connectivity index (χ0v) is 11.9. The highest BCUT2D eigenvalue weighted by atomic mass is 79.9. The third-order valence-corrected chi connectivity index (χ3v) is 3.54. The molecule has 0 radical (unpaired) electrons. The van der Waals surface area contributed by atoms with Crippen LogP contribution >= 0.6 is 15.9 Å². The van der Waals surface area contributed by atoms with Gasteiger partial charge in [0.2, 0.25) is 0 Å². The van der Waals surface area contributed by atoms with Crippen molar-refractivity contribution in [3.63, 3.8) is 0 Å². The Labute approximate surface area is 108 Å². The molecule has 1 saturated heterocycles. The van der Waals surface area contributed by atoms with E-state index in [0.717, 1.165) is 30.9 Å². The Hall–Kier alpha value is 0.360. The van der Waals surface area contributed by atoms with Crippen molar-refractivity contribution in [2.24, 2.45) is 5.92 Å². The van der Waals surface area contributed by atoms with Crippen molar-refractivity contribution in [1.82, 2.24) is 4.90 Å². The lowest BCUT2D eigenvalue weighted by atomic mass is 10.1. The van der Waals surface area contributed by atoms with E-state index in [2.05, 4.69) is 20.8 Å². The summed E-state index contributed by atoms with van der Waals surface area (Å²) in [5.41, 5.74) is 0. The Bertz CT molecular complexity index is 169. The van der Waals surface area contributed by atoms with Gasteiger partial charge < -0.3 is 14.4 Å². The fraction of sp³-hybridized carbons (Fsp3) is 1.00. The lowest BCUT2D eigenvalue weighted by Gasteiger charge is -2.15. The average Bonchev–Trinajstić information content (AvgIpc) is 2.72. The second-order valence-electron chi connectivity index (χ2n) is 4.39. The second kappa shape index (κ2) is 9.40. The van der Waals surface area contributed by atoms with Gasteiger partial charge in [0, 0.05) is 32.1 Å². The predicted octanol–water partition coefficient (Wildman–Crippen LogP) is 2.15. The maximum atomic E-state index is 5.45. The van der Waals surface area contributed by atoms with Crippen molar-refractivity contribution >= 4 is 15.9 Å². The van der Waals surface area contributed by atoms with Gasteiger partial charge in [-0.1, -0.05) is 15.9 Å². The normalized spacial score (nSPS) is 21.8. The SMILES string of the molecule is COCCOCCCN1CCC(CCBr)C1. The average molecular weight is 294 g/mol. The van der Waals surface area contributed by atoms with Crippen molar-refractivity contribution in [3.8, 4) is 0 Å². The van der Waals surface area contributed by atoms with E-state index in [9.17, 15) is 0 Å². The molecule has 0 aromatic heterocycles. The van der Waals surface area contributed by atoms with E-state index in [4.69, 9.17) is 9.47 Å². The first-order valence-corrected chi connectivity index (χ1v) is 7.34. The van der Waals surface area contributed by atoms with Crippen LogP contribution in [-0.4, -0.2) is 56.8 Å². The number of methoxy groups -OCH3 is 1. The Balaban J connectivity index is 1.90. The Kier molecular flexibility index (Phi) is 8.47. The van der Waals surface area contributed by atoms with Crippen LogP contribution in [0.3, 0.4) is 0 Å². The van der Waals surface area contributed by atoms with Crippen molar-refractivity contribution < 1.29 is 9.47 Å². The number of rotatable bonds is 9. The van der Waals surface area contributed by atoms with Gasteiger partial charge in [-0.15, -0.1) is 0 Å². The molecular formula is C12H24BrNO2. The summed E-state index contributed by atoms with van der Waals surface area (Å²) in [6.07, 6.45) is 3.84. The number of likely N-dealkylation sites (tertiary alicyclic amines) is 1. The molecule has 0 aliphatic carbocycles. The van der Waals surface area contributed by atoms with E-state index in [-0.39, 0.29) is 0 Å². The summed E-state index contributed by atoms with van der Waals surface area (Å²) in [5, 5.41) is 1.14. The van der Waals surface area contributed by atoms with Gasteiger partial charge in [-0.05, 0) is 31.7 Å². The van der Waals surface area contributed by atoms with Gasteiger partial charge in [-0.25, -0.2) is 0 Å². The van der Waals surface area contributed by atoms with E-state index in [1.54, 1.807) is 7.11 Å². The van der Waals surface area contributed by atoms with Crippen LogP contribution in [0.4, 0.5) is 0 Å². The van der Waals surface area contributed by atoms with E-state index in [0.29, 0.717) is 6.61 Å². The molecule has 0 amide bonds. The smallest absolute Gasteiger partial charge is 0.0700 e. The molecule has 0 saturated carbocycles. The fourth-order valence-electron chi connectivity index (χ4n) is 2.14. The molecular weight excluding hydrogens is 270 g/mol. The predicted molar refractivity (Wildman–Crippen MR) is 70.3 cm³/mol. The molecule has 0 aromatic rings. The monoisotopic (exact) mass is 293 g/mol. The lowest BCUT2D eigenvalue weighted by Crippen LogP contribution is -2.23. The van der Waals surface area contributed by atoms with Gasteiger partial charge in [-0.2, -0.15) is 0 Å². The van der Waals surface area contributed by atoms with E-state index in [1.807, 2.05) is 0 Å². The van der Waals surface area contributed by atoms with Crippen molar-refractivity contribution in [3.05, 3.63) is 0 Å². The summed E-state index contributed by atoms with van der Waals surface area (Å²) in [6, 6.07) is 0. The van der Waals surface area contributed by atoms with Crippen LogP contribution in [-0.2, 0) is 9.47 Å². The minimum atomic E-state index is 0.705. The number of hydrogen-bond acceptors (Lipinski definition) is 3. The zero-order valence-electron chi connectivity index (χ0n) is 10.3. The van der Waals surface area contributed by atoms with Crippen LogP contribution < -0.4 is 0 Å². The molecule has 1 fully saturated rings. The highest BCUT2D eigenvalue weighted by Gasteiger charge is 2.20. The van der Waals surface area contributed by atoms with Crippen molar-refractivity contribution in [2.45, 2.75) is 19.3 Å². The summed E-state index contributed by atoms with van der Waals surface area (Å²) in [4.78, 5) is 2.56. The first-order valence-electron chi connectivity index (χ1n) is 6.21. The first kappa shape index (κ1) is 14.4. The quantitative estimate of drug-likeness (QED) is 0.480. The molecule has 1 unspecified atom stereocenters. The van der Waals surface area contributed by atoms with E-state index >= 15 is 0 Å². The third kappa shape index (κ3) is 6.18. The lowest BCUT2D eigenvalue weighted by molar-refractivity contribution is 0.0661. The minimum Gasteiger partial charge on any atom is -0.382 e. The van der Waals surface area contributed by atoms with Crippen LogP contribution in [0.2, 0.25) is 0 Å². The molecule has 16 heavy (non-hydrogen) atoms. The standard InChI is InChI=1S/C12H24BrNO2/c1-15-9-10-16-8-2-6-14-7-4-12(11-14)3-5-13/h12H,2-11H2,1H3. The summed E-state index contributed by atoms with van der Waals surface area (Å²) >= 11 is 3.52. The Morgan fingerprint density at radius 3 is 2.94 bits per heavy atom. The van der Waals surface area contributed by atoms with Crippen LogP contribution in [0.25, 0.3) is 0 Å². The van der Waals surface area contributed by atoms with Gasteiger partial charge >= 0.3 is 0 Å². The third-order valence-electron chi connectivity index (χ3n) is 3.08. The topological polar surface area (TPSA) is 21.7 Å². The Morgan fingerprint density at radius 1 is 1.31 bits per heavy atom. The number of nitrogens with zero attached hydrogens (tertiary/aromatic N) is 1. The summed E-state index contributed by atoms with van der Waals surface area (Å²) in [6.45, 7) is 6.04. The van der Waals surface area contributed by atoms with Gasteiger partial charge in [-0.3, -0.25) is 0 Å². The van der Waals surface area contributed by atoms with E-state index < -0.39 is 0 Å². The summed E-state index contributed by atoms with van der Waals surface area (Å²) in [5.74, 6) is 0.911. The fourth-order valence-corrected chi connectivity index (χ4v) is 2.79. The molecule has 1 aliphatic rings. The molecule has 96 valence electrons. The molecule has 1 rings (SSSR count). The van der Waals surface area contributed by atoms with Gasteiger partial charge in [0.25, 0.3) is 0 Å². The highest BCUT2D eigenvalue weighted by Crippen LogP contribution is 2.20. The summed E-state index contributed by atoms with van der Waals surface area (Å²) < 4.78 is 10.4. The molecule has 1 atom stereocenters. The highest BCUT2D eigenvalue weighted by molar-refractivity contribution is 9.09. The van der Waals surface area contributed by atoms with Crippen LogP contribution in [0.5, 0.6) is 0 Å². The number of halogens is 1. The van der Waals surface area contributed by atoms with Gasteiger partial charge in [0.05, 0.1) is 13.2 Å². The van der Waals surface area contributed by atoms with Crippen LogP contribution in [0.1, 0.15) is 19.3 Å². The van der Waals surface area contributed by atoms with Crippen molar-refractivity contribution in [1.29, 1.82) is 0 Å². The largest absolute Gasteiger partial charge is 0.382 e. The zero-order chi connectivity index (χ0) is 11.6. The molecule has 0 aromatic carbocycles. The number of alkyl halides is 1. The van der Waals surface area contributed by atoms with Gasteiger partial charge in [0.15, 0.2) is 0 Å². The van der Waals surface area contributed by atoms with Crippen molar-refractivity contribution in [2.75, 3.05) is 51.9 Å². The number of hydrogen-bond donors (Lipinski definition) is 0. The van der Waals surface area contributed by atoms with Gasteiger partial charge in [0.1, 0.15) is 0 Å². The van der Waals surface area contributed by atoms with E-state index in [1.165, 1.54) is 32.5 Å². The van der Waals surface area contributed by atoms with Crippen LogP contribution in [0, 0.1) is 5.92 Å². The molecule has 3 nitrogen and oxygen atoms in total. The molecule has 1 aliphatic heterocycles. The maximum absolute atomic E-state index is 5.45. The number of ether oxygens (including phenoxy) is 2. The first-order chi connectivity index (χ1) is 7.86. The molecule has 1 heterocycles. The summed E-state index contributed by atoms with van der Waals surface area (Å²) in [7, 11) is 1.71. The maximum Gasteiger partial charge on any atom is 0.0700 e. The minimum absolute atomic E-state index is 0.705. The van der Waals surface area contributed by atoms with Crippen LogP contribution in [0.15, 0.2) is 0 Å².